The number of nitrogens with zero attached hydrogens (tertiary/aromatic N) is 2. The molecule has 7 heteroatoms. The molecule has 1 aliphatic heterocycles. The van der Waals surface area contributed by atoms with Crippen LogP contribution in [0, 0.1) is 5.92 Å². The predicted octanol–water partition coefficient (Wildman–Crippen LogP) is 3.27. The van der Waals surface area contributed by atoms with E-state index in [-0.39, 0.29) is 11.8 Å². The number of rotatable bonds is 4. The van der Waals surface area contributed by atoms with Crippen LogP contribution in [0.1, 0.15) is 12.8 Å². The van der Waals surface area contributed by atoms with Gasteiger partial charge in [0, 0.05) is 25.2 Å². The summed E-state index contributed by atoms with van der Waals surface area (Å²) in [6.45, 7) is 0.667. The number of pyridine rings is 1. The zero-order valence-corrected chi connectivity index (χ0v) is 16.1. The number of hydrogen-bond donors (Lipinski definition) is 1. The Kier molecular flexibility index (Phi) is 5.11. The third kappa shape index (κ3) is 3.76. The third-order valence-corrected chi connectivity index (χ3v) is 7.01. The van der Waals surface area contributed by atoms with Gasteiger partial charge in [0.05, 0.1) is 16.8 Å². The molecule has 1 aromatic heterocycles. The summed E-state index contributed by atoms with van der Waals surface area (Å²) in [6.07, 6.45) is 4.24. The average molecular weight is 395 g/mol. The number of sulfonamides is 1. The highest BCUT2D eigenvalue weighted by Crippen LogP contribution is 2.26. The number of fused-ring (bicyclic) bond motifs is 1. The van der Waals surface area contributed by atoms with Crippen molar-refractivity contribution in [3.8, 4) is 0 Å². The summed E-state index contributed by atoms with van der Waals surface area (Å²) in [6, 6.07) is 16.4. The monoisotopic (exact) mass is 395 g/mol. The first-order valence-corrected chi connectivity index (χ1v) is 10.7. The molecule has 6 nitrogen and oxygen atoms in total. The number of aromatic nitrogens is 1. The Morgan fingerprint density at radius 2 is 1.75 bits per heavy atom. The van der Waals surface area contributed by atoms with Gasteiger partial charge in [0.1, 0.15) is 0 Å². The zero-order valence-electron chi connectivity index (χ0n) is 15.3. The van der Waals surface area contributed by atoms with E-state index in [1.165, 1.54) is 4.31 Å². The second kappa shape index (κ2) is 7.69. The number of carbonyl (C=O) groups excluding carboxylic acids is 1. The van der Waals surface area contributed by atoms with Crippen LogP contribution >= 0.6 is 0 Å². The van der Waals surface area contributed by atoms with Crippen LogP contribution in [0.3, 0.4) is 0 Å². The van der Waals surface area contributed by atoms with Crippen molar-refractivity contribution in [2.45, 2.75) is 17.7 Å². The molecule has 0 unspecified atom stereocenters. The van der Waals surface area contributed by atoms with Crippen molar-refractivity contribution in [3.63, 3.8) is 0 Å². The minimum atomic E-state index is -3.57. The number of hydrogen-bond acceptors (Lipinski definition) is 4. The molecule has 0 radical (unpaired) electrons. The van der Waals surface area contributed by atoms with Crippen molar-refractivity contribution < 1.29 is 13.2 Å². The number of nitrogens with one attached hydrogen (secondary N) is 1. The standard InChI is InChI=1S/C21H21N3O3S/c25-21(23-19-6-3-11-22-15-19)17-9-12-24(13-10-17)28(26,27)20-8-7-16-4-1-2-5-18(16)14-20/h1-8,11,14-15,17H,9-10,12-13H2,(H,23,25). The summed E-state index contributed by atoms with van der Waals surface area (Å²) >= 11 is 0. The molecule has 1 saturated heterocycles. The van der Waals surface area contributed by atoms with Gasteiger partial charge in [-0.3, -0.25) is 9.78 Å². The molecule has 2 aromatic carbocycles. The second-order valence-corrected chi connectivity index (χ2v) is 8.86. The maximum Gasteiger partial charge on any atom is 0.243 e. The molecule has 28 heavy (non-hydrogen) atoms. The van der Waals surface area contributed by atoms with Crippen molar-refractivity contribution in [1.82, 2.24) is 9.29 Å². The molecule has 2 heterocycles. The average Bonchev–Trinajstić information content (AvgIpc) is 2.74. The highest BCUT2D eigenvalue weighted by atomic mass is 32.2. The molecule has 0 bridgehead atoms. The molecule has 0 saturated carbocycles. The number of carbonyl (C=O) groups is 1. The van der Waals surface area contributed by atoms with Gasteiger partial charge in [-0.2, -0.15) is 4.31 Å². The minimum absolute atomic E-state index is 0.0873. The Hall–Kier alpha value is -2.77. The smallest absolute Gasteiger partial charge is 0.243 e. The molecule has 0 aliphatic carbocycles. The SMILES string of the molecule is O=C(Nc1cccnc1)C1CCN(S(=O)(=O)c2ccc3ccccc3c2)CC1. The van der Waals surface area contributed by atoms with Gasteiger partial charge in [0.25, 0.3) is 0 Å². The Bertz CT molecular complexity index is 1090. The summed E-state index contributed by atoms with van der Waals surface area (Å²) in [5.41, 5.74) is 0.652. The van der Waals surface area contributed by atoms with E-state index in [2.05, 4.69) is 10.3 Å². The molecule has 1 amide bonds. The lowest BCUT2D eigenvalue weighted by Gasteiger charge is -2.30. The summed E-state index contributed by atoms with van der Waals surface area (Å²) in [5, 5.41) is 4.75. The van der Waals surface area contributed by atoms with Crippen molar-refractivity contribution in [2.75, 3.05) is 18.4 Å². The number of amides is 1. The Morgan fingerprint density at radius 3 is 2.46 bits per heavy atom. The molecule has 1 fully saturated rings. The van der Waals surface area contributed by atoms with E-state index in [1.807, 2.05) is 30.3 Å². The largest absolute Gasteiger partial charge is 0.324 e. The van der Waals surface area contributed by atoms with Crippen LogP contribution in [0.5, 0.6) is 0 Å². The first-order chi connectivity index (χ1) is 13.5. The minimum Gasteiger partial charge on any atom is -0.324 e. The number of anilines is 1. The van der Waals surface area contributed by atoms with E-state index in [4.69, 9.17) is 0 Å². The summed E-state index contributed by atoms with van der Waals surface area (Å²) < 4.78 is 27.5. The maximum atomic E-state index is 13.0. The van der Waals surface area contributed by atoms with Crippen molar-refractivity contribution in [1.29, 1.82) is 0 Å². The predicted molar refractivity (Wildman–Crippen MR) is 108 cm³/mol. The van der Waals surface area contributed by atoms with Gasteiger partial charge in [0.2, 0.25) is 15.9 Å². The fourth-order valence-corrected chi connectivity index (χ4v) is 5.02. The Morgan fingerprint density at radius 1 is 1.00 bits per heavy atom. The van der Waals surface area contributed by atoms with Crippen molar-refractivity contribution in [2.24, 2.45) is 5.92 Å². The fourth-order valence-electron chi connectivity index (χ4n) is 3.52. The van der Waals surface area contributed by atoms with Gasteiger partial charge in [-0.1, -0.05) is 30.3 Å². The first-order valence-electron chi connectivity index (χ1n) is 9.24. The number of piperidine rings is 1. The van der Waals surface area contributed by atoms with E-state index >= 15 is 0 Å². The highest BCUT2D eigenvalue weighted by molar-refractivity contribution is 7.89. The molecule has 0 atom stereocenters. The lowest BCUT2D eigenvalue weighted by molar-refractivity contribution is -0.120. The van der Waals surface area contributed by atoms with Crippen LogP contribution in [0.2, 0.25) is 0 Å². The van der Waals surface area contributed by atoms with E-state index < -0.39 is 10.0 Å². The fraction of sp³-hybridized carbons (Fsp3) is 0.238. The van der Waals surface area contributed by atoms with Crippen LogP contribution in [-0.4, -0.2) is 36.7 Å². The highest BCUT2D eigenvalue weighted by Gasteiger charge is 2.32. The van der Waals surface area contributed by atoms with Crippen molar-refractivity contribution >= 4 is 32.4 Å². The Balaban J connectivity index is 1.44. The van der Waals surface area contributed by atoms with E-state index in [0.717, 1.165) is 10.8 Å². The maximum absolute atomic E-state index is 13.0. The molecule has 0 spiro atoms. The van der Waals surface area contributed by atoms with Gasteiger partial charge < -0.3 is 5.32 Å². The van der Waals surface area contributed by atoms with Gasteiger partial charge in [-0.15, -0.1) is 0 Å². The molecule has 1 N–H and O–H groups in total. The second-order valence-electron chi connectivity index (χ2n) is 6.92. The first kappa shape index (κ1) is 18.6. The summed E-state index contributed by atoms with van der Waals surface area (Å²) in [7, 11) is -3.57. The van der Waals surface area contributed by atoms with Crippen molar-refractivity contribution in [3.05, 3.63) is 67.0 Å². The van der Waals surface area contributed by atoms with Gasteiger partial charge >= 0.3 is 0 Å². The number of benzene rings is 2. The molecule has 3 aromatic rings. The summed E-state index contributed by atoms with van der Waals surface area (Å²) in [4.78, 5) is 16.7. The van der Waals surface area contributed by atoms with E-state index in [0.29, 0.717) is 36.5 Å². The quantitative estimate of drug-likeness (QED) is 0.735. The van der Waals surface area contributed by atoms with Crippen LogP contribution in [0.4, 0.5) is 5.69 Å². The normalized spacial score (nSPS) is 16.1. The van der Waals surface area contributed by atoms with Crippen LogP contribution in [0.25, 0.3) is 10.8 Å². The van der Waals surface area contributed by atoms with Crippen LogP contribution in [0.15, 0.2) is 71.9 Å². The lowest BCUT2D eigenvalue weighted by Crippen LogP contribution is -2.41. The molecular formula is C21H21N3O3S. The zero-order chi connectivity index (χ0) is 19.6. The third-order valence-electron chi connectivity index (χ3n) is 5.11. The Labute approximate surface area is 164 Å². The topological polar surface area (TPSA) is 79.4 Å². The molecule has 4 rings (SSSR count). The molecule has 144 valence electrons. The van der Waals surface area contributed by atoms with Gasteiger partial charge in [-0.25, -0.2) is 8.42 Å². The molecule has 1 aliphatic rings. The molecular weight excluding hydrogens is 374 g/mol. The van der Waals surface area contributed by atoms with Crippen LogP contribution < -0.4 is 5.32 Å². The lowest BCUT2D eigenvalue weighted by atomic mass is 9.97. The van der Waals surface area contributed by atoms with E-state index in [9.17, 15) is 13.2 Å². The van der Waals surface area contributed by atoms with Crippen LogP contribution in [-0.2, 0) is 14.8 Å². The van der Waals surface area contributed by atoms with E-state index in [1.54, 1.807) is 36.7 Å². The summed E-state index contributed by atoms with van der Waals surface area (Å²) in [5.74, 6) is -0.293. The van der Waals surface area contributed by atoms with Gasteiger partial charge in [0.15, 0.2) is 0 Å². The van der Waals surface area contributed by atoms with Gasteiger partial charge in [-0.05, 0) is 47.9 Å².